The fourth-order valence-corrected chi connectivity index (χ4v) is 2.60. The van der Waals surface area contributed by atoms with Crippen LogP contribution in [0.4, 0.5) is 5.88 Å². The summed E-state index contributed by atoms with van der Waals surface area (Å²) in [5.74, 6) is 1.59. The Morgan fingerprint density at radius 1 is 1.16 bits per heavy atom. The van der Waals surface area contributed by atoms with Crippen LogP contribution >= 0.6 is 0 Å². The minimum Gasteiger partial charge on any atom is -0.454 e. The van der Waals surface area contributed by atoms with Gasteiger partial charge in [-0.15, -0.1) is 0 Å². The number of para-hydroxylation sites is 1. The van der Waals surface area contributed by atoms with Crippen molar-refractivity contribution in [1.82, 2.24) is 5.16 Å². The SMILES string of the molecule is c1ccc2oc(-c3noc4c3CCCCN4)cc2c1. The van der Waals surface area contributed by atoms with E-state index in [2.05, 4.69) is 10.5 Å². The van der Waals surface area contributed by atoms with Crippen LogP contribution in [0.5, 0.6) is 0 Å². The Hall–Kier alpha value is -2.23. The Kier molecular flexibility index (Phi) is 2.33. The van der Waals surface area contributed by atoms with Gasteiger partial charge in [0, 0.05) is 17.5 Å². The van der Waals surface area contributed by atoms with Crippen molar-refractivity contribution < 1.29 is 8.94 Å². The topological polar surface area (TPSA) is 51.2 Å². The summed E-state index contributed by atoms with van der Waals surface area (Å²) in [5, 5.41) is 8.55. The molecule has 0 atom stereocenters. The number of hydrogen-bond donors (Lipinski definition) is 1. The zero-order valence-electron chi connectivity index (χ0n) is 10.5. The van der Waals surface area contributed by atoms with E-state index in [0.29, 0.717) is 0 Å². The van der Waals surface area contributed by atoms with Crippen molar-refractivity contribution in [3.63, 3.8) is 0 Å². The molecule has 4 nitrogen and oxygen atoms in total. The maximum absolute atomic E-state index is 5.87. The molecular weight excluding hydrogens is 240 g/mol. The third-order valence-corrected chi connectivity index (χ3v) is 3.59. The van der Waals surface area contributed by atoms with Crippen LogP contribution in [0.2, 0.25) is 0 Å². The van der Waals surface area contributed by atoms with Gasteiger partial charge < -0.3 is 14.3 Å². The van der Waals surface area contributed by atoms with Gasteiger partial charge in [0.2, 0.25) is 5.88 Å². The van der Waals surface area contributed by atoms with Crippen LogP contribution in [0, 0.1) is 0 Å². The number of anilines is 1. The molecule has 0 aliphatic carbocycles. The maximum Gasteiger partial charge on any atom is 0.228 e. The molecule has 1 aliphatic rings. The van der Waals surface area contributed by atoms with Crippen LogP contribution in [-0.2, 0) is 6.42 Å². The number of rotatable bonds is 1. The summed E-state index contributed by atoms with van der Waals surface area (Å²) in [4.78, 5) is 0. The van der Waals surface area contributed by atoms with E-state index in [1.165, 1.54) is 0 Å². The summed E-state index contributed by atoms with van der Waals surface area (Å²) in [7, 11) is 0. The number of fused-ring (bicyclic) bond motifs is 2. The Labute approximate surface area is 110 Å². The van der Waals surface area contributed by atoms with Crippen LogP contribution in [0.1, 0.15) is 18.4 Å². The van der Waals surface area contributed by atoms with Crippen LogP contribution in [-0.4, -0.2) is 11.7 Å². The molecule has 4 heteroatoms. The summed E-state index contributed by atoms with van der Waals surface area (Å²) < 4.78 is 11.3. The van der Waals surface area contributed by atoms with Crippen molar-refractivity contribution >= 4 is 16.9 Å². The fourth-order valence-electron chi connectivity index (χ4n) is 2.60. The maximum atomic E-state index is 5.87. The summed E-state index contributed by atoms with van der Waals surface area (Å²) in [6.07, 6.45) is 3.29. The number of benzene rings is 1. The first kappa shape index (κ1) is 10.7. The molecule has 1 N–H and O–H groups in total. The number of nitrogens with one attached hydrogen (secondary N) is 1. The lowest BCUT2D eigenvalue weighted by atomic mass is 10.1. The van der Waals surface area contributed by atoms with E-state index in [1.807, 2.05) is 30.3 Å². The average Bonchev–Trinajstić information content (AvgIpc) is 2.96. The lowest BCUT2D eigenvalue weighted by Crippen LogP contribution is -1.97. The van der Waals surface area contributed by atoms with Crippen molar-refractivity contribution in [1.29, 1.82) is 0 Å². The van der Waals surface area contributed by atoms with Gasteiger partial charge in [0.15, 0.2) is 11.5 Å². The summed E-state index contributed by atoms with van der Waals surface area (Å²) >= 11 is 0. The molecule has 96 valence electrons. The third kappa shape index (κ3) is 1.71. The highest BCUT2D eigenvalue weighted by Crippen LogP contribution is 2.34. The van der Waals surface area contributed by atoms with Crippen molar-refractivity contribution in [2.24, 2.45) is 0 Å². The molecule has 2 aromatic heterocycles. The molecule has 1 aliphatic heterocycles. The molecule has 4 rings (SSSR count). The predicted octanol–water partition coefficient (Wildman–Crippen LogP) is 3.84. The first-order chi connectivity index (χ1) is 9.42. The van der Waals surface area contributed by atoms with E-state index in [9.17, 15) is 0 Å². The number of nitrogens with zero attached hydrogens (tertiary/aromatic N) is 1. The molecule has 0 spiro atoms. The highest BCUT2D eigenvalue weighted by Gasteiger charge is 2.21. The molecule has 0 saturated carbocycles. The lowest BCUT2D eigenvalue weighted by Gasteiger charge is -1.96. The second kappa shape index (κ2) is 4.16. The zero-order chi connectivity index (χ0) is 12.7. The molecule has 19 heavy (non-hydrogen) atoms. The molecule has 0 unspecified atom stereocenters. The van der Waals surface area contributed by atoms with Crippen LogP contribution < -0.4 is 5.32 Å². The van der Waals surface area contributed by atoms with E-state index in [1.54, 1.807) is 0 Å². The molecule has 0 radical (unpaired) electrons. The first-order valence-electron chi connectivity index (χ1n) is 6.63. The smallest absolute Gasteiger partial charge is 0.228 e. The molecule has 0 fully saturated rings. The highest BCUT2D eigenvalue weighted by molar-refractivity contribution is 5.83. The van der Waals surface area contributed by atoms with Gasteiger partial charge >= 0.3 is 0 Å². The second-order valence-electron chi connectivity index (χ2n) is 4.87. The number of hydrogen-bond acceptors (Lipinski definition) is 4. The van der Waals surface area contributed by atoms with Crippen molar-refractivity contribution in [3.8, 4) is 11.5 Å². The van der Waals surface area contributed by atoms with E-state index < -0.39 is 0 Å². The third-order valence-electron chi connectivity index (χ3n) is 3.59. The Morgan fingerprint density at radius 2 is 2.11 bits per heavy atom. The van der Waals surface area contributed by atoms with E-state index >= 15 is 0 Å². The molecule has 0 bridgehead atoms. The predicted molar refractivity (Wildman–Crippen MR) is 73.1 cm³/mol. The van der Waals surface area contributed by atoms with Gasteiger partial charge in [-0.25, -0.2) is 0 Å². The Balaban J connectivity index is 1.85. The number of furan rings is 1. The molecule has 1 aromatic carbocycles. The van der Waals surface area contributed by atoms with Crippen molar-refractivity contribution in [2.75, 3.05) is 11.9 Å². The largest absolute Gasteiger partial charge is 0.454 e. The van der Waals surface area contributed by atoms with Crippen molar-refractivity contribution in [3.05, 3.63) is 35.9 Å². The summed E-state index contributed by atoms with van der Waals surface area (Å²) in [6, 6.07) is 10.0. The van der Waals surface area contributed by atoms with Gasteiger partial charge in [-0.3, -0.25) is 0 Å². The minimum atomic E-state index is 0.787. The van der Waals surface area contributed by atoms with E-state index in [0.717, 1.165) is 59.7 Å². The van der Waals surface area contributed by atoms with Gasteiger partial charge in [-0.2, -0.15) is 0 Å². The second-order valence-corrected chi connectivity index (χ2v) is 4.87. The molecule has 0 amide bonds. The quantitative estimate of drug-likeness (QED) is 0.717. The van der Waals surface area contributed by atoms with Crippen molar-refractivity contribution in [2.45, 2.75) is 19.3 Å². The normalized spacial score (nSPS) is 14.9. The Bertz CT molecular complexity index is 694. The minimum absolute atomic E-state index is 0.787. The molecular formula is C15H14N2O2. The van der Waals surface area contributed by atoms with Crippen LogP contribution in [0.3, 0.4) is 0 Å². The van der Waals surface area contributed by atoms with Gasteiger partial charge in [-0.05, 0) is 31.4 Å². The van der Waals surface area contributed by atoms with Gasteiger partial charge in [0.25, 0.3) is 0 Å². The Morgan fingerprint density at radius 3 is 3.05 bits per heavy atom. The standard InChI is InChI=1S/C15H14N2O2/c1-2-7-12-10(5-1)9-13(18-12)14-11-6-3-4-8-16-15(11)19-17-14/h1-2,5,7,9,16H,3-4,6,8H2. The molecule has 0 saturated heterocycles. The summed E-state index contributed by atoms with van der Waals surface area (Å²) in [6.45, 7) is 0.946. The fraction of sp³-hybridized carbons (Fsp3) is 0.267. The average molecular weight is 254 g/mol. The first-order valence-corrected chi connectivity index (χ1v) is 6.63. The lowest BCUT2D eigenvalue weighted by molar-refractivity contribution is 0.432. The van der Waals surface area contributed by atoms with E-state index in [4.69, 9.17) is 8.94 Å². The van der Waals surface area contributed by atoms with E-state index in [-0.39, 0.29) is 0 Å². The highest BCUT2D eigenvalue weighted by atomic mass is 16.5. The van der Waals surface area contributed by atoms with Crippen LogP contribution in [0.15, 0.2) is 39.3 Å². The van der Waals surface area contributed by atoms with Crippen LogP contribution in [0.25, 0.3) is 22.4 Å². The molecule has 3 heterocycles. The monoisotopic (exact) mass is 254 g/mol. The van der Waals surface area contributed by atoms with Gasteiger partial charge in [0.05, 0.1) is 0 Å². The zero-order valence-corrected chi connectivity index (χ0v) is 10.5. The number of aromatic nitrogens is 1. The summed E-state index contributed by atoms with van der Waals surface area (Å²) in [5.41, 5.74) is 2.85. The molecule has 3 aromatic rings. The van der Waals surface area contributed by atoms with Gasteiger partial charge in [-0.1, -0.05) is 23.4 Å². The van der Waals surface area contributed by atoms with Gasteiger partial charge in [0.1, 0.15) is 5.58 Å².